The van der Waals surface area contributed by atoms with E-state index >= 15 is 0 Å². The fraction of sp³-hybridized carbons (Fsp3) is 0.118. The number of sulfonamides is 2. The Balaban J connectivity index is 2.11. The monoisotopic (exact) mass is 409 g/mol. The van der Waals surface area contributed by atoms with E-state index < -0.39 is 26.0 Å². The van der Waals surface area contributed by atoms with Crippen LogP contribution in [-0.2, 0) is 20.0 Å². The Kier molecular flexibility index (Phi) is 6.50. The number of anilines is 1. The molecule has 0 aliphatic heterocycles. The molecule has 0 bridgehead atoms. The fourth-order valence-electron chi connectivity index (χ4n) is 2.08. The summed E-state index contributed by atoms with van der Waals surface area (Å²) in [4.78, 5) is 12.4. The smallest absolute Gasteiger partial charge is 0.255 e. The number of carbonyl (C=O) groups excluding carboxylic acids is 1. The number of benzene rings is 2. The highest BCUT2D eigenvalue weighted by atomic mass is 32.2. The molecule has 27 heavy (non-hydrogen) atoms. The lowest BCUT2D eigenvalue weighted by molar-refractivity contribution is 0.102. The van der Waals surface area contributed by atoms with Crippen molar-refractivity contribution in [1.29, 1.82) is 0 Å². The molecule has 0 aliphatic rings. The normalized spacial score (nSPS) is 11.7. The van der Waals surface area contributed by atoms with Crippen LogP contribution in [0.15, 0.2) is 71.0 Å². The van der Waals surface area contributed by atoms with Gasteiger partial charge < -0.3 is 5.32 Å². The van der Waals surface area contributed by atoms with E-state index in [0.29, 0.717) is 5.69 Å². The van der Waals surface area contributed by atoms with Crippen molar-refractivity contribution < 1.29 is 21.6 Å². The predicted octanol–water partition coefficient (Wildman–Crippen LogP) is 1.31. The molecule has 0 heterocycles. The van der Waals surface area contributed by atoms with E-state index in [1.54, 1.807) is 0 Å². The van der Waals surface area contributed by atoms with Crippen molar-refractivity contribution in [3.63, 3.8) is 0 Å². The van der Waals surface area contributed by atoms with Crippen molar-refractivity contribution in [2.75, 3.05) is 18.9 Å². The summed E-state index contributed by atoms with van der Waals surface area (Å²) in [6.45, 7) is 3.54. The van der Waals surface area contributed by atoms with Crippen LogP contribution in [0.25, 0.3) is 0 Å². The SMILES string of the molecule is C=CCNS(=O)(=O)c1ccc(C(=O)Nc2ccc(S(=O)(=O)NC)cc2)cc1. The molecule has 0 spiro atoms. The third kappa shape index (κ3) is 5.23. The van der Waals surface area contributed by atoms with Crippen LogP contribution in [0.4, 0.5) is 5.69 Å². The van der Waals surface area contributed by atoms with Crippen LogP contribution in [-0.4, -0.2) is 36.3 Å². The lowest BCUT2D eigenvalue weighted by Crippen LogP contribution is -2.23. The highest BCUT2D eigenvalue weighted by molar-refractivity contribution is 7.89. The summed E-state index contributed by atoms with van der Waals surface area (Å²) < 4.78 is 51.9. The number of hydrogen-bond acceptors (Lipinski definition) is 5. The molecule has 0 saturated carbocycles. The minimum absolute atomic E-state index is 0.0301. The zero-order valence-electron chi connectivity index (χ0n) is 14.5. The number of amides is 1. The molecular weight excluding hydrogens is 390 g/mol. The van der Waals surface area contributed by atoms with Crippen molar-refractivity contribution in [3.05, 3.63) is 66.7 Å². The van der Waals surface area contributed by atoms with Gasteiger partial charge in [0, 0.05) is 17.8 Å². The van der Waals surface area contributed by atoms with Crippen LogP contribution in [0.2, 0.25) is 0 Å². The van der Waals surface area contributed by atoms with Gasteiger partial charge in [-0.25, -0.2) is 26.3 Å². The van der Waals surface area contributed by atoms with E-state index in [-0.39, 0.29) is 21.9 Å². The summed E-state index contributed by atoms with van der Waals surface area (Å²) in [6, 6.07) is 11.1. The molecule has 0 unspecified atom stereocenters. The average Bonchev–Trinajstić information content (AvgIpc) is 2.67. The maximum absolute atomic E-state index is 12.3. The molecule has 2 rings (SSSR count). The maximum Gasteiger partial charge on any atom is 0.255 e. The molecule has 0 atom stereocenters. The van der Waals surface area contributed by atoms with E-state index in [0.717, 1.165) is 0 Å². The molecule has 144 valence electrons. The van der Waals surface area contributed by atoms with Gasteiger partial charge in [-0.3, -0.25) is 4.79 Å². The molecule has 1 amide bonds. The molecule has 0 saturated heterocycles. The second kappa shape index (κ2) is 8.44. The van der Waals surface area contributed by atoms with Gasteiger partial charge in [-0.1, -0.05) is 6.08 Å². The first-order valence-electron chi connectivity index (χ1n) is 7.75. The topological polar surface area (TPSA) is 121 Å². The summed E-state index contributed by atoms with van der Waals surface area (Å²) >= 11 is 0. The molecule has 0 radical (unpaired) electrons. The van der Waals surface area contributed by atoms with Gasteiger partial charge in [0.2, 0.25) is 20.0 Å². The summed E-state index contributed by atoms with van der Waals surface area (Å²) in [6.07, 6.45) is 1.42. The third-order valence-corrected chi connectivity index (χ3v) is 6.41. The van der Waals surface area contributed by atoms with Crippen molar-refractivity contribution >= 4 is 31.6 Å². The summed E-state index contributed by atoms with van der Waals surface area (Å²) in [5.41, 5.74) is 0.656. The van der Waals surface area contributed by atoms with E-state index in [1.807, 2.05) is 0 Å². The van der Waals surface area contributed by atoms with Crippen molar-refractivity contribution in [2.24, 2.45) is 0 Å². The van der Waals surface area contributed by atoms with Crippen LogP contribution < -0.4 is 14.8 Å². The Bertz CT molecular complexity index is 1030. The van der Waals surface area contributed by atoms with Crippen LogP contribution in [0.5, 0.6) is 0 Å². The van der Waals surface area contributed by atoms with Gasteiger partial charge in [0.15, 0.2) is 0 Å². The van der Waals surface area contributed by atoms with Gasteiger partial charge in [-0.2, -0.15) is 0 Å². The highest BCUT2D eigenvalue weighted by Crippen LogP contribution is 2.16. The van der Waals surface area contributed by atoms with Crippen molar-refractivity contribution in [3.8, 4) is 0 Å². The van der Waals surface area contributed by atoms with E-state index in [4.69, 9.17) is 0 Å². The van der Waals surface area contributed by atoms with E-state index in [1.165, 1.54) is 61.7 Å². The standard InChI is InChI=1S/C17H19N3O5S2/c1-3-12-19-27(24,25)16-8-4-13(5-9-16)17(21)20-14-6-10-15(11-7-14)26(22,23)18-2/h3-11,18-19H,1,12H2,2H3,(H,20,21). The first kappa shape index (κ1) is 20.8. The Morgan fingerprint density at radius 1 is 0.926 bits per heavy atom. The Morgan fingerprint density at radius 2 is 1.44 bits per heavy atom. The molecule has 0 fully saturated rings. The molecule has 3 N–H and O–H groups in total. The van der Waals surface area contributed by atoms with Crippen LogP contribution in [0.3, 0.4) is 0 Å². The molecule has 2 aromatic carbocycles. The molecule has 0 aliphatic carbocycles. The Labute approximate surface area is 158 Å². The largest absolute Gasteiger partial charge is 0.322 e. The lowest BCUT2D eigenvalue weighted by atomic mass is 10.2. The van der Waals surface area contributed by atoms with E-state index in [2.05, 4.69) is 21.3 Å². The first-order valence-corrected chi connectivity index (χ1v) is 10.7. The highest BCUT2D eigenvalue weighted by Gasteiger charge is 2.15. The average molecular weight is 409 g/mol. The zero-order valence-corrected chi connectivity index (χ0v) is 16.1. The first-order chi connectivity index (χ1) is 12.7. The van der Waals surface area contributed by atoms with Gasteiger partial charge in [0.05, 0.1) is 9.79 Å². The van der Waals surface area contributed by atoms with Gasteiger partial charge in [-0.05, 0) is 55.6 Å². The molecule has 2 aromatic rings. The minimum atomic E-state index is -3.66. The number of rotatable bonds is 8. The number of nitrogens with one attached hydrogen (secondary N) is 3. The maximum atomic E-state index is 12.3. The zero-order chi connectivity index (χ0) is 20.1. The van der Waals surface area contributed by atoms with Crippen molar-refractivity contribution in [1.82, 2.24) is 9.44 Å². The molecule has 0 aromatic heterocycles. The second-order valence-electron chi connectivity index (χ2n) is 5.35. The van der Waals surface area contributed by atoms with Crippen LogP contribution in [0, 0.1) is 0 Å². The quantitative estimate of drug-likeness (QED) is 0.568. The second-order valence-corrected chi connectivity index (χ2v) is 9.00. The third-order valence-electron chi connectivity index (χ3n) is 3.54. The fourth-order valence-corrected chi connectivity index (χ4v) is 3.80. The summed E-state index contributed by atoms with van der Waals surface area (Å²) in [5.74, 6) is -0.456. The minimum Gasteiger partial charge on any atom is -0.322 e. The molecular formula is C17H19N3O5S2. The predicted molar refractivity (Wildman–Crippen MR) is 102 cm³/mol. The summed E-state index contributed by atoms with van der Waals surface area (Å²) in [5, 5.41) is 2.61. The van der Waals surface area contributed by atoms with Crippen molar-refractivity contribution in [2.45, 2.75) is 9.79 Å². The lowest BCUT2D eigenvalue weighted by Gasteiger charge is -2.08. The van der Waals surface area contributed by atoms with Gasteiger partial charge >= 0.3 is 0 Å². The number of hydrogen-bond donors (Lipinski definition) is 3. The van der Waals surface area contributed by atoms with Gasteiger partial charge in [-0.15, -0.1) is 6.58 Å². The molecule has 10 heteroatoms. The number of carbonyl (C=O) groups is 1. The van der Waals surface area contributed by atoms with Gasteiger partial charge in [0.1, 0.15) is 0 Å². The van der Waals surface area contributed by atoms with Gasteiger partial charge in [0.25, 0.3) is 5.91 Å². The van der Waals surface area contributed by atoms with Crippen LogP contribution >= 0.6 is 0 Å². The summed E-state index contributed by atoms with van der Waals surface area (Å²) in [7, 11) is -5.91. The van der Waals surface area contributed by atoms with Crippen LogP contribution in [0.1, 0.15) is 10.4 Å². The Morgan fingerprint density at radius 3 is 1.96 bits per heavy atom. The Hall–Kier alpha value is -2.53. The molecule has 8 nitrogen and oxygen atoms in total. The van der Waals surface area contributed by atoms with E-state index in [9.17, 15) is 21.6 Å².